The first kappa shape index (κ1) is 21.1. The van der Waals surface area contributed by atoms with E-state index in [-0.39, 0.29) is 16.7 Å². The fraction of sp³-hybridized carbons (Fsp3) is 0.435. The summed E-state index contributed by atoms with van der Waals surface area (Å²) < 4.78 is 1.76. The van der Waals surface area contributed by atoms with Crippen molar-refractivity contribution in [1.29, 1.82) is 0 Å². The minimum atomic E-state index is -0.371. The van der Waals surface area contributed by atoms with Crippen molar-refractivity contribution in [3.63, 3.8) is 0 Å². The number of aromatic nitrogens is 2. The molecule has 1 atom stereocenters. The Kier molecular flexibility index (Phi) is 6.02. The molecule has 158 valence electrons. The molecule has 1 aromatic carbocycles. The second kappa shape index (κ2) is 8.55. The fourth-order valence-corrected chi connectivity index (χ4v) is 6.12. The van der Waals surface area contributed by atoms with Gasteiger partial charge >= 0.3 is 0 Å². The van der Waals surface area contributed by atoms with E-state index in [1.165, 1.54) is 22.2 Å². The first-order valence-corrected chi connectivity index (χ1v) is 12.2. The summed E-state index contributed by atoms with van der Waals surface area (Å²) in [6, 6.07) is 6.02. The van der Waals surface area contributed by atoms with Crippen molar-refractivity contribution < 1.29 is 4.79 Å². The summed E-state index contributed by atoms with van der Waals surface area (Å²) in [7, 11) is 0. The lowest BCUT2D eigenvalue weighted by molar-refractivity contribution is -0.115. The Morgan fingerprint density at radius 2 is 2.13 bits per heavy atom. The number of thioether (sulfide) groups is 1. The molecule has 0 radical (unpaired) electrons. The number of thiophene rings is 1. The van der Waals surface area contributed by atoms with E-state index in [1.54, 1.807) is 15.9 Å². The fourth-order valence-electron chi connectivity index (χ4n) is 3.89. The maximum Gasteiger partial charge on any atom is 0.263 e. The van der Waals surface area contributed by atoms with E-state index < -0.39 is 0 Å². The molecule has 2 heterocycles. The first-order chi connectivity index (χ1) is 14.4. The third-order valence-corrected chi connectivity index (χ3v) is 7.82. The van der Waals surface area contributed by atoms with Crippen LogP contribution in [-0.2, 0) is 24.2 Å². The summed E-state index contributed by atoms with van der Waals surface area (Å²) in [6.45, 7) is 8.53. The molecule has 5 nitrogen and oxygen atoms in total. The Balaban J connectivity index is 1.64. The van der Waals surface area contributed by atoms with Crippen LogP contribution in [0.2, 0.25) is 0 Å². The molecule has 3 aromatic rings. The molecule has 0 saturated carbocycles. The number of benzene rings is 1. The average Bonchev–Trinajstić information content (AvgIpc) is 3.28. The van der Waals surface area contributed by atoms with Gasteiger partial charge in [-0.15, -0.1) is 11.3 Å². The van der Waals surface area contributed by atoms with Gasteiger partial charge in [0.15, 0.2) is 5.16 Å². The number of amides is 1. The zero-order chi connectivity index (χ0) is 21.4. The van der Waals surface area contributed by atoms with Gasteiger partial charge in [0.25, 0.3) is 5.56 Å². The molecule has 1 aliphatic rings. The second-order valence-electron chi connectivity index (χ2n) is 7.96. The summed E-state index contributed by atoms with van der Waals surface area (Å²) in [5.41, 5.74) is 4.21. The number of fused-ring (bicyclic) bond motifs is 3. The third kappa shape index (κ3) is 3.93. The van der Waals surface area contributed by atoms with Crippen molar-refractivity contribution in [3.8, 4) is 0 Å². The van der Waals surface area contributed by atoms with E-state index in [1.807, 2.05) is 39.0 Å². The number of hydrogen-bond donors (Lipinski definition) is 1. The molecule has 0 bridgehead atoms. The standard InChI is InChI=1S/C23H27N3O2S2/c1-5-11-26-22(28)19-16-7-6-8-18(16)30-21(19)25-23(26)29-15(4)20(27)24-17-12-13(2)9-10-14(17)3/h9-10,12,15H,5-8,11H2,1-4H3,(H,24,27). The Labute approximate surface area is 184 Å². The number of carbonyl (C=O) groups excluding carboxylic acids is 1. The topological polar surface area (TPSA) is 64.0 Å². The van der Waals surface area contributed by atoms with Crippen LogP contribution in [0.25, 0.3) is 10.2 Å². The molecule has 1 N–H and O–H groups in total. The summed E-state index contributed by atoms with van der Waals surface area (Å²) in [6.07, 6.45) is 3.98. The molecule has 7 heteroatoms. The Bertz CT molecular complexity index is 1180. The lowest BCUT2D eigenvalue weighted by atomic mass is 10.1. The predicted molar refractivity (Wildman–Crippen MR) is 126 cm³/mol. The van der Waals surface area contributed by atoms with Crippen LogP contribution in [0.4, 0.5) is 5.69 Å². The highest BCUT2D eigenvalue weighted by molar-refractivity contribution is 8.00. The normalized spacial score (nSPS) is 14.1. The van der Waals surface area contributed by atoms with Gasteiger partial charge in [-0.05, 0) is 69.2 Å². The van der Waals surface area contributed by atoms with Crippen LogP contribution in [0.3, 0.4) is 0 Å². The quantitative estimate of drug-likeness (QED) is 0.427. The van der Waals surface area contributed by atoms with E-state index in [0.717, 1.165) is 52.7 Å². The van der Waals surface area contributed by atoms with E-state index in [2.05, 4.69) is 12.2 Å². The van der Waals surface area contributed by atoms with Crippen LogP contribution in [0.5, 0.6) is 0 Å². The van der Waals surface area contributed by atoms with Crippen LogP contribution >= 0.6 is 23.1 Å². The average molecular weight is 442 g/mol. The van der Waals surface area contributed by atoms with E-state index >= 15 is 0 Å². The number of aryl methyl sites for hydroxylation is 4. The molecule has 1 unspecified atom stereocenters. The number of carbonyl (C=O) groups is 1. The molecule has 0 saturated heterocycles. The van der Waals surface area contributed by atoms with Gasteiger partial charge in [0.05, 0.1) is 10.6 Å². The van der Waals surface area contributed by atoms with Gasteiger partial charge in [-0.2, -0.15) is 0 Å². The van der Waals surface area contributed by atoms with E-state index in [0.29, 0.717) is 11.7 Å². The zero-order valence-corrected chi connectivity index (χ0v) is 19.5. The summed E-state index contributed by atoms with van der Waals surface area (Å²) in [5.74, 6) is -0.0835. The van der Waals surface area contributed by atoms with Crippen LogP contribution in [-0.4, -0.2) is 20.7 Å². The number of nitrogens with zero attached hydrogens (tertiary/aromatic N) is 2. The van der Waals surface area contributed by atoms with Gasteiger partial charge in [-0.3, -0.25) is 14.2 Å². The van der Waals surface area contributed by atoms with Crippen molar-refractivity contribution >= 4 is 44.9 Å². The highest BCUT2D eigenvalue weighted by Crippen LogP contribution is 2.36. The third-order valence-electron chi connectivity index (χ3n) is 5.54. The first-order valence-electron chi connectivity index (χ1n) is 10.5. The molecular weight excluding hydrogens is 414 g/mol. The molecule has 30 heavy (non-hydrogen) atoms. The monoisotopic (exact) mass is 441 g/mol. The Hall–Kier alpha value is -2.12. The summed E-state index contributed by atoms with van der Waals surface area (Å²) in [5, 5.41) is 4.10. The van der Waals surface area contributed by atoms with Crippen LogP contribution in [0.15, 0.2) is 28.2 Å². The predicted octanol–water partition coefficient (Wildman–Crippen LogP) is 5.09. The molecule has 0 spiro atoms. The van der Waals surface area contributed by atoms with Gasteiger partial charge in [0.1, 0.15) is 4.83 Å². The van der Waals surface area contributed by atoms with Crippen LogP contribution < -0.4 is 10.9 Å². The van der Waals surface area contributed by atoms with Gasteiger partial charge in [-0.1, -0.05) is 30.8 Å². The van der Waals surface area contributed by atoms with Gasteiger partial charge < -0.3 is 5.32 Å². The number of hydrogen-bond acceptors (Lipinski definition) is 5. The van der Waals surface area contributed by atoms with Gasteiger partial charge in [-0.25, -0.2) is 4.98 Å². The van der Waals surface area contributed by atoms with Crippen molar-refractivity contribution in [2.24, 2.45) is 0 Å². The molecule has 1 aliphatic carbocycles. The highest BCUT2D eigenvalue weighted by atomic mass is 32.2. The summed E-state index contributed by atoms with van der Waals surface area (Å²) in [4.78, 5) is 33.1. The Morgan fingerprint density at radius 1 is 1.33 bits per heavy atom. The molecule has 0 aliphatic heterocycles. The molecular formula is C23H27N3O2S2. The molecule has 1 amide bonds. The minimum Gasteiger partial charge on any atom is -0.325 e. The summed E-state index contributed by atoms with van der Waals surface area (Å²) >= 11 is 3.01. The van der Waals surface area contributed by atoms with Crippen molar-refractivity contribution in [1.82, 2.24) is 9.55 Å². The minimum absolute atomic E-state index is 0.0471. The van der Waals surface area contributed by atoms with Crippen LogP contribution in [0, 0.1) is 13.8 Å². The SMILES string of the molecule is CCCn1c(SC(C)C(=O)Nc2cc(C)ccc2C)nc2sc3c(c2c1=O)CCC3. The highest BCUT2D eigenvalue weighted by Gasteiger charge is 2.25. The number of anilines is 1. The maximum absolute atomic E-state index is 13.3. The van der Waals surface area contributed by atoms with Gasteiger partial charge in [0.2, 0.25) is 5.91 Å². The zero-order valence-electron chi connectivity index (χ0n) is 17.9. The van der Waals surface area contributed by atoms with Crippen molar-refractivity contribution in [3.05, 3.63) is 50.1 Å². The smallest absolute Gasteiger partial charge is 0.263 e. The number of nitrogens with one attached hydrogen (secondary N) is 1. The second-order valence-corrected chi connectivity index (χ2v) is 10.3. The molecule has 2 aromatic heterocycles. The lowest BCUT2D eigenvalue weighted by Gasteiger charge is -2.16. The van der Waals surface area contributed by atoms with E-state index in [9.17, 15) is 9.59 Å². The van der Waals surface area contributed by atoms with E-state index in [4.69, 9.17) is 4.98 Å². The van der Waals surface area contributed by atoms with Crippen molar-refractivity contribution in [2.75, 3.05) is 5.32 Å². The van der Waals surface area contributed by atoms with Crippen molar-refractivity contribution in [2.45, 2.75) is 70.3 Å². The molecule has 4 rings (SSSR count). The number of rotatable bonds is 6. The van der Waals surface area contributed by atoms with Crippen LogP contribution in [0.1, 0.15) is 48.3 Å². The Morgan fingerprint density at radius 3 is 2.90 bits per heavy atom. The maximum atomic E-state index is 13.3. The largest absolute Gasteiger partial charge is 0.325 e. The van der Waals surface area contributed by atoms with Gasteiger partial charge in [0, 0.05) is 17.1 Å². The lowest BCUT2D eigenvalue weighted by Crippen LogP contribution is -2.27. The molecule has 0 fully saturated rings.